The van der Waals surface area contributed by atoms with Crippen molar-refractivity contribution in [3.8, 4) is 6.07 Å². The second-order valence-corrected chi connectivity index (χ2v) is 2.11. The van der Waals surface area contributed by atoms with Crippen molar-refractivity contribution in [3.63, 3.8) is 0 Å². The fraction of sp³-hybridized carbons (Fsp3) is 0.286. The third kappa shape index (κ3) is 1.40. The molecule has 0 unspecified atom stereocenters. The van der Waals surface area contributed by atoms with Crippen molar-refractivity contribution in [2.75, 3.05) is 6.61 Å². The molecule has 0 aliphatic heterocycles. The fourth-order valence-electron chi connectivity index (χ4n) is 0.800. The Morgan fingerprint density at radius 1 is 1.82 bits per heavy atom. The molecule has 0 saturated heterocycles. The molecule has 0 amide bonds. The van der Waals surface area contributed by atoms with E-state index in [1.807, 2.05) is 6.07 Å². The number of nitrogens with two attached hydrogens (primary N) is 1. The summed E-state index contributed by atoms with van der Waals surface area (Å²) < 4.78 is 4.78. The third-order valence-electron chi connectivity index (χ3n) is 1.39. The minimum atomic E-state index is -0.525. The maximum atomic E-state index is 8.65. The average Bonchev–Trinajstić information content (AvgIpc) is 2.50. The van der Waals surface area contributed by atoms with Crippen LogP contribution in [0.15, 0.2) is 16.7 Å². The molecular weight excluding hydrogens is 144 g/mol. The highest BCUT2D eigenvalue weighted by Crippen LogP contribution is 2.15. The first-order valence-corrected chi connectivity index (χ1v) is 3.13. The minimum absolute atomic E-state index is 0.173. The maximum Gasteiger partial charge on any atom is 0.208 e. The topological polar surface area (TPSA) is 83.2 Å². The number of hydrogen-bond acceptors (Lipinski definition) is 4. The molecule has 0 radical (unpaired) electrons. The van der Waals surface area contributed by atoms with Crippen LogP contribution in [0.5, 0.6) is 0 Å². The molecule has 0 spiro atoms. The second kappa shape index (κ2) is 3.19. The molecule has 11 heavy (non-hydrogen) atoms. The van der Waals surface area contributed by atoms with E-state index < -0.39 is 6.04 Å². The summed E-state index contributed by atoms with van der Waals surface area (Å²) in [5.41, 5.74) is 6.00. The number of aliphatic hydroxyl groups is 1. The van der Waals surface area contributed by atoms with Gasteiger partial charge in [-0.3, -0.25) is 0 Å². The summed E-state index contributed by atoms with van der Waals surface area (Å²) in [5, 5.41) is 17.1. The number of rotatable bonds is 2. The molecule has 0 aliphatic carbocycles. The van der Waals surface area contributed by atoms with Crippen LogP contribution >= 0.6 is 0 Å². The Kier molecular flexibility index (Phi) is 2.26. The highest BCUT2D eigenvalue weighted by Gasteiger charge is 2.11. The van der Waals surface area contributed by atoms with E-state index in [1.54, 1.807) is 6.07 Å². The van der Waals surface area contributed by atoms with Crippen molar-refractivity contribution in [1.82, 2.24) is 0 Å². The SMILES string of the molecule is N#Cc1occc1[C@H](N)CO. The van der Waals surface area contributed by atoms with Crippen LogP contribution in [0.25, 0.3) is 0 Å². The van der Waals surface area contributed by atoms with Crippen molar-refractivity contribution >= 4 is 0 Å². The number of nitriles is 1. The first-order chi connectivity index (χ1) is 5.29. The van der Waals surface area contributed by atoms with Gasteiger partial charge in [-0.05, 0) is 6.07 Å². The van der Waals surface area contributed by atoms with Gasteiger partial charge in [0.1, 0.15) is 6.07 Å². The summed E-state index contributed by atoms with van der Waals surface area (Å²) >= 11 is 0. The number of nitrogens with zero attached hydrogens (tertiary/aromatic N) is 1. The van der Waals surface area contributed by atoms with Crippen molar-refractivity contribution in [2.24, 2.45) is 5.73 Å². The van der Waals surface area contributed by atoms with E-state index in [0.29, 0.717) is 5.56 Å². The summed E-state index contributed by atoms with van der Waals surface area (Å²) in [6, 6.07) is 2.89. The van der Waals surface area contributed by atoms with Crippen molar-refractivity contribution in [3.05, 3.63) is 23.7 Å². The number of furan rings is 1. The van der Waals surface area contributed by atoms with E-state index in [0.717, 1.165) is 0 Å². The van der Waals surface area contributed by atoms with Crippen LogP contribution in [0.3, 0.4) is 0 Å². The predicted molar refractivity (Wildman–Crippen MR) is 37.4 cm³/mol. The Bertz CT molecular complexity index is 274. The Morgan fingerprint density at radius 3 is 3.09 bits per heavy atom. The van der Waals surface area contributed by atoms with Crippen molar-refractivity contribution in [2.45, 2.75) is 6.04 Å². The molecule has 1 rings (SSSR count). The lowest BCUT2D eigenvalue weighted by atomic mass is 10.1. The highest BCUT2D eigenvalue weighted by molar-refractivity contribution is 5.30. The largest absolute Gasteiger partial charge is 0.454 e. The highest BCUT2D eigenvalue weighted by atomic mass is 16.3. The van der Waals surface area contributed by atoms with E-state index in [9.17, 15) is 0 Å². The van der Waals surface area contributed by atoms with Gasteiger partial charge in [0, 0.05) is 5.56 Å². The summed E-state index contributed by atoms with van der Waals surface area (Å²) in [7, 11) is 0. The van der Waals surface area contributed by atoms with E-state index in [-0.39, 0.29) is 12.4 Å². The second-order valence-electron chi connectivity index (χ2n) is 2.11. The lowest BCUT2D eigenvalue weighted by Gasteiger charge is -2.03. The smallest absolute Gasteiger partial charge is 0.208 e. The summed E-state index contributed by atoms with van der Waals surface area (Å²) in [4.78, 5) is 0. The van der Waals surface area contributed by atoms with Gasteiger partial charge < -0.3 is 15.3 Å². The molecule has 0 aliphatic rings. The predicted octanol–water partition coefficient (Wildman–Crippen LogP) is 0.143. The van der Waals surface area contributed by atoms with Gasteiger partial charge in [-0.2, -0.15) is 5.26 Å². The Morgan fingerprint density at radius 2 is 2.55 bits per heavy atom. The van der Waals surface area contributed by atoms with Crippen LogP contribution in [-0.2, 0) is 0 Å². The molecule has 0 saturated carbocycles. The Hall–Kier alpha value is -1.31. The molecule has 1 aromatic rings. The van der Waals surface area contributed by atoms with Crippen LogP contribution in [0.1, 0.15) is 17.4 Å². The van der Waals surface area contributed by atoms with Crippen LogP contribution < -0.4 is 5.73 Å². The summed E-state index contributed by atoms with van der Waals surface area (Å²) in [6.07, 6.45) is 1.38. The zero-order chi connectivity index (χ0) is 8.27. The summed E-state index contributed by atoms with van der Waals surface area (Å²) in [6.45, 7) is -0.186. The van der Waals surface area contributed by atoms with Gasteiger partial charge in [0.15, 0.2) is 0 Å². The first-order valence-electron chi connectivity index (χ1n) is 3.13. The quantitative estimate of drug-likeness (QED) is 0.631. The van der Waals surface area contributed by atoms with E-state index in [2.05, 4.69) is 0 Å². The molecule has 1 atom stereocenters. The molecule has 1 heterocycles. The lowest BCUT2D eigenvalue weighted by molar-refractivity contribution is 0.267. The lowest BCUT2D eigenvalue weighted by Crippen LogP contribution is -2.14. The van der Waals surface area contributed by atoms with Gasteiger partial charge >= 0.3 is 0 Å². The monoisotopic (exact) mass is 152 g/mol. The fourth-order valence-corrected chi connectivity index (χ4v) is 0.800. The molecule has 0 fully saturated rings. The molecule has 1 aromatic heterocycles. The van der Waals surface area contributed by atoms with Gasteiger partial charge in [0.2, 0.25) is 5.76 Å². The van der Waals surface area contributed by atoms with Gasteiger partial charge in [0.25, 0.3) is 0 Å². The molecule has 0 bridgehead atoms. The van der Waals surface area contributed by atoms with Crippen LogP contribution in [0.4, 0.5) is 0 Å². The van der Waals surface area contributed by atoms with E-state index >= 15 is 0 Å². The number of aliphatic hydroxyl groups excluding tert-OH is 1. The Labute approximate surface area is 63.8 Å². The standard InChI is InChI=1S/C7H8N2O2/c8-3-7-5(1-2-11-7)6(9)4-10/h1-2,6,10H,4,9H2/t6-/m1/s1. The Balaban J connectivity index is 2.95. The first kappa shape index (κ1) is 7.79. The maximum absolute atomic E-state index is 8.65. The van der Waals surface area contributed by atoms with Gasteiger partial charge in [-0.1, -0.05) is 0 Å². The molecular formula is C7H8N2O2. The molecule has 4 heteroatoms. The van der Waals surface area contributed by atoms with Crippen LogP contribution in [0.2, 0.25) is 0 Å². The van der Waals surface area contributed by atoms with Gasteiger partial charge in [-0.15, -0.1) is 0 Å². The normalized spacial score (nSPS) is 12.5. The molecule has 0 aromatic carbocycles. The zero-order valence-corrected chi connectivity index (χ0v) is 5.82. The molecule has 4 nitrogen and oxygen atoms in total. The van der Waals surface area contributed by atoms with Crippen molar-refractivity contribution < 1.29 is 9.52 Å². The van der Waals surface area contributed by atoms with E-state index in [4.69, 9.17) is 20.5 Å². The molecule has 58 valence electrons. The van der Waals surface area contributed by atoms with Crippen LogP contribution in [-0.4, -0.2) is 11.7 Å². The zero-order valence-electron chi connectivity index (χ0n) is 5.82. The average molecular weight is 152 g/mol. The van der Waals surface area contributed by atoms with Crippen LogP contribution in [0, 0.1) is 11.3 Å². The minimum Gasteiger partial charge on any atom is -0.454 e. The van der Waals surface area contributed by atoms with Crippen molar-refractivity contribution in [1.29, 1.82) is 5.26 Å². The van der Waals surface area contributed by atoms with Gasteiger partial charge in [0.05, 0.1) is 18.9 Å². The van der Waals surface area contributed by atoms with E-state index in [1.165, 1.54) is 6.26 Å². The molecule has 3 N–H and O–H groups in total. The third-order valence-corrected chi connectivity index (χ3v) is 1.39. The van der Waals surface area contributed by atoms with Gasteiger partial charge in [-0.25, -0.2) is 0 Å². The summed E-state index contributed by atoms with van der Waals surface area (Å²) in [5.74, 6) is 0.173. The number of hydrogen-bond donors (Lipinski definition) is 2.